The third kappa shape index (κ3) is 6.75. The van der Waals surface area contributed by atoms with E-state index in [1.807, 2.05) is 6.07 Å². The molecule has 0 aromatic carbocycles. The number of halogens is 5. The van der Waals surface area contributed by atoms with Crippen molar-refractivity contribution in [2.75, 3.05) is 6.54 Å². The second-order valence-corrected chi connectivity index (χ2v) is 13.4. The Bertz CT molecular complexity index is 1130. The number of carbonyl (C=O) groups excluding carboxylic acids is 4. The summed E-state index contributed by atoms with van der Waals surface area (Å²) in [4.78, 5) is 52.6. The van der Waals surface area contributed by atoms with E-state index in [-0.39, 0.29) is 43.7 Å². The fourth-order valence-electron chi connectivity index (χ4n) is 6.40. The molecule has 2 aliphatic carbocycles. The van der Waals surface area contributed by atoms with E-state index in [0.29, 0.717) is 6.42 Å². The van der Waals surface area contributed by atoms with E-state index in [1.165, 1.54) is 20.8 Å². The lowest BCUT2D eigenvalue weighted by Gasteiger charge is -2.38. The molecular formula is C27H36F5N5O4. The number of nitrogens with zero attached hydrogens (tertiary/aromatic N) is 2. The van der Waals surface area contributed by atoms with E-state index in [2.05, 4.69) is 10.6 Å². The predicted octanol–water partition coefficient (Wildman–Crippen LogP) is 2.94. The van der Waals surface area contributed by atoms with Crippen molar-refractivity contribution in [3.05, 3.63) is 0 Å². The van der Waals surface area contributed by atoms with Gasteiger partial charge in [0.1, 0.15) is 18.1 Å². The monoisotopic (exact) mass is 589 g/mol. The van der Waals surface area contributed by atoms with E-state index in [9.17, 15) is 46.4 Å². The van der Waals surface area contributed by atoms with Gasteiger partial charge in [0.05, 0.1) is 6.07 Å². The molecule has 2 spiro atoms. The maximum atomic E-state index is 14.0. The van der Waals surface area contributed by atoms with Crippen LogP contribution in [-0.2, 0) is 19.2 Å². The summed E-state index contributed by atoms with van der Waals surface area (Å²) in [5, 5.41) is 17.0. The first-order valence-corrected chi connectivity index (χ1v) is 13.9. The van der Waals surface area contributed by atoms with Gasteiger partial charge in [0.15, 0.2) is 0 Å². The number of alkyl halides is 5. The lowest BCUT2D eigenvalue weighted by molar-refractivity contribution is -0.176. The van der Waals surface area contributed by atoms with Crippen LogP contribution >= 0.6 is 0 Å². The minimum atomic E-state index is -5.26. The molecule has 0 radical (unpaired) electrons. The molecule has 2 saturated carbocycles. The highest BCUT2D eigenvalue weighted by Gasteiger charge is 2.56. The van der Waals surface area contributed by atoms with Crippen LogP contribution in [0.5, 0.6) is 0 Å². The van der Waals surface area contributed by atoms with E-state index >= 15 is 0 Å². The lowest BCUT2D eigenvalue weighted by atomic mass is 9.71. The normalized spacial score (nSPS) is 27.6. The van der Waals surface area contributed by atoms with Crippen molar-refractivity contribution in [1.82, 2.24) is 20.9 Å². The number of rotatable bonds is 6. The minimum absolute atomic E-state index is 0.00530. The quantitative estimate of drug-likeness (QED) is 0.410. The molecule has 0 aromatic rings. The molecule has 228 valence electrons. The summed E-state index contributed by atoms with van der Waals surface area (Å²) in [7, 11) is 0. The molecule has 4 fully saturated rings. The molecule has 3 N–H and O–H groups in total. The first kappa shape index (κ1) is 31.0. The standard InChI is InChI=1S/C27H36F5N5O4/c1-23(2,3)18(35-22(41)27(30,31)32)21(40)37-14-24(4-8-26(28,29)9-5-24)12-17(37)20(39)34-16(13-33)10-15-11-25(6-7-25)36-19(15)38/h15-18H,4-12,14H2,1-3H3,(H,34,39)(H,35,41)(H,36,38). The Morgan fingerprint density at radius 3 is 2.15 bits per heavy atom. The Kier molecular flexibility index (Phi) is 7.84. The molecule has 4 aliphatic rings. The molecule has 0 aromatic heterocycles. The summed E-state index contributed by atoms with van der Waals surface area (Å²) in [6.45, 7) is 4.22. The highest BCUT2D eigenvalue weighted by atomic mass is 19.4. The molecule has 14 heteroatoms. The molecule has 4 unspecified atom stereocenters. The maximum Gasteiger partial charge on any atom is 0.471 e. The van der Waals surface area contributed by atoms with E-state index in [4.69, 9.17) is 0 Å². The van der Waals surface area contributed by atoms with Crippen LogP contribution in [0.4, 0.5) is 22.0 Å². The van der Waals surface area contributed by atoms with Crippen LogP contribution < -0.4 is 16.0 Å². The van der Waals surface area contributed by atoms with E-state index in [0.717, 1.165) is 17.7 Å². The molecule has 2 heterocycles. The van der Waals surface area contributed by atoms with Crippen LogP contribution in [0.25, 0.3) is 0 Å². The number of amides is 4. The van der Waals surface area contributed by atoms with Gasteiger partial charge in [-0.05, 0) is 55.8 Å². The van der Waals surface area contributed by atoms with Crippen LogP contribution in [-0.4, -0.2) is 70.8 Å². The van der Waals surface area contributed by atoms with Crippen molar-refractivity contribution in [2.24, 2.45) is 16.7 Å². The average molecular weight is 590 g/mol. The molecule has 4 atom stereocenters. The van der Waals surface area contributed by atoms with Gasteiger partial charge in [-0.2, -0.15) is 18.4 Å². The highest BCUT2D eigenvalue weighted by molar-refractivity contribution is 5.94. The van der Waals surface area contributed by atoms with Gasteiger partial charge in [-0.3, -0.25) is 19.2 Å². The van der Waals surface area contributed by atoms with Gasteiger partial charge in [-0.25, -0.2) is 8.78 Å². The van der Waals surface area contributed by atoms with Crippen molar-refractivity contribution in [2.45, 2.75) is 114 Å². The number of hydrogen-bond acceptors (Lipinski definition) is 5. The van der Waals surface area contributed by atoms with Crippen molar-refractivity contribution in [3.8, 4) is 6.07 Å². The van der Waals surface area contributed by atoms with Crippen molar-refractivity contribution in [3.63, 3.8) is 0 Å². The summed E-state index contributed by atoms with van der Waals surface area (Å²) in [6.07, 6.45) is -3.94. The molecule has 4 rings (SSSR count). The number of carbonyl (C=O) groups is 4. The topological polar surface area (TPSA) is 131 Å². The Morgan fingerprint density at radius 1 is 1.05 bits per heavy atom. The smallest absolute Gasteiger partial charge is 0.350 e. The summed E-state index contributed by atoms with van der Waals surface area (Å²) >= 11 is 0. The fourth-order valence-corrected chi connectivity index (χ4v) is 6.40. The summed E-state index contributed by atoms with van der Waals surface area (Å²) in [5.41, 5.74) is -2.31. The average Bonchev–Trinajstić information content (AvgIpc) is 3.38. The maximum absolute atomic E-state index is 14.0. The van der Waals surface area contributed by atoms with Crippen LogP contribution in [0, 0.1) is 28.1 Å². The third-order valence-corrected chi connectivity index (χ3v) is 9.02. The van der Waals surface area contributed by atoms with E-state index in [1.54, 1.807) is 5.32 Å². The molecule has 2 aliphatic heterocycles. The van der Waals surface area contributed by atoms with Gasteiger partial charge in [0, 0.05) is 30.8 Å². The lowest BCUT2D eigenvalue weighted by Crippen LogP contribution is -2.59. The van der Waals surface area contributed by atoms with E-state index < -0.39 is 77.5 Å². The summed E-state index contributed by atoms with van der Waals surface area (Å²) < 4.78 is 67.3. The van der Waals surface area contributed by atoms with Crippen molar-refractivity contribution >= 4 is 23.6 Å². The molecule has 41 heavy (non-hydrogen) atoms. The third-order valence-electron chi connectivity index (χ3n) is 9.02. The van der Waals surface area contributed by atoms with Crippen LogP contribution in [0.1, 0.15) is 78.6 Å². The SMILES string of the molecule is CC(C)(C)C(NC(=O)C(F)(F)F)C(=O)N1CC2(CCC(F)(F)CC2)CC1C(=O)NC(C#N)CC1CC2(CC2)NC1=O. The first-order chi connectivity index (χ1) is 18.8. The van der Waals surface area contributed by atoms with Gasteiger partial charge in [0.25, 0.3) is 0 Å². The number of hydrogen-bond donors (Lipinski definition) is 3. The van der Waals surface area contributed by atoms with Gasteiger partial charge in [-0.1, -0.05) is 20.8 Å². The zero-order valence-electron chi connectivity index (χ0n) is 23.3. The second-order valence-electron chi connectivity index (χ2n) is 13.4. The Morgan fingerprint density at radius 2 is 1.66 bits per heavy atom. The van der Waals surface area contributed by atoms with Crippen molar-refractivity contribution < 1.29 is 41.1 Å². The molecular weight excluding hydrogens is 553 g/mol. The largest absolute Gasteiger partial charge is 0.471 e. The highest BCUT2D eigenvalue weighted by Crippen LogP contribution is 2.51. The van der Waals surface area contributed by atoms with Crippen molar-refractivity contribution in [1.29, 1.82) is 5.26 Å². The number of nitrogens with one attached hydrogen (secondary N) is 3. The van der Waals surface area contributed by atoms with Gasteiger partial charge in [-0.15, -0.1) is 0 Å². The Balaban J connectivity index is 1.56. The molecule has 2 saturated heterocycles. The summed E-state index contributed by atoms with van der Waals surface area (Å²) in [6, 6.07) is -2.04. The van der Waals surface area contributed by atoms with Gasteiger partial charge in [0.2, 0.25) is 23.6 Å². The Hall–Kier alpha value is -2.98. The summed E-state index contributed by atoms with van der Waals surface area (Å²) in [5.74, 6) is -7.60. The molecule has 0 bridgehead atoms. The molecule has 4 amide bonds. The first-order valence-electron chi connectivity index (χ1n) is 13.9. The fraction of sp³-hybridized carbons (Fsp3) is 0.815. The minimum Gasteiger partial charge on any atom is -0.350 e. The molecule has 9 nitrogen and oxygen atoms in total. The van der Waals surface area contributed by atoms with Gasteiger partial charge < -0.3 is 20.9 Å². The number of likely N-dealkylation sites (tertiary alicyclic amines) is 1. The van der Waals surface area contributed by atoms with Crippen LogP contribution in [0.15, 0.2) is 0 Å². The Labute approximate surface area is 234 Å². The zero-order valence-corrected chi connectivity index (χ0v) is 23.3. The zero-order chi connectivity index (χ0) is 30.6. The van der Waals surface area contributed by atoms with Crippen LogP contribution in [0.3, 0.4) is 0 Å². The number of nitriles is 1. The van der Waals surface area contributed by atoms with Gasteiger partial charge >= 0.3 is 12.1 Å². The van der Waals surface area contributed by atoms with Crippen LogP contribution in [0.2, 0.25) is 0 Å². The second kappa shape index (κ2) is 10.4. The predicted molar refractivity (Wildman–Crippen MR) is 134 cm³/mol.